The molecule has 0 fully saturated rings. The zero-order valence-corrected chi connectivity index (χ0v) is 14.4. The summed E-state index contributed by atoms with van der Waals surface area (Å²) in [6, 6.07) is 11.2. The van der Waals surface area contributed by atoms with Gasteiger partial charge < -0.3 is 4.74 Å². The zero-order chi connectivity index (χ0) is 18.9. The summed E-state index contributed by atoms with van der Waals surface area (Å²) in [6.45, 7) is 0. The monoisotopic (exact) mass is 388 g/mol. The second-order valence-corrected chi connectivity index (χ2v) is 6.42. The Labute approximate surface area is 155 Å². The number of fused-ring (bicyclic) bond motifs is 1. The van der Waals surface area contributed by atoms with Crippen LogP contribution in [0.25, 0.3) is 0 Å². The molecule has 0 saturated heterocycles. The molecular formula is C18H11F3N4OS. The summed E-state index contributed by atoms with van der Waals surface area (Å²) in [6.07, 6.45) is -1.62. The van der Waals surface area contributed by atoms with E-state index in [4.69, 9.17) is 0 Å². The maximum Gasteiger partial charge on any atom is 0.573 e. The van der Waals surface area contributed by atoms with Crippen LogP contribution in [-0.4, -0.2) is 22.9 Å². The molecular weight excluding hydrogens is 377 g/mol. The fourth-order valence-corrected chi connectivity index (χ4v) is 3.23. The van der Waals surface area contributed by atoms with Crippen LogP contribution in [0.2, 0.25) is 0 Å². The Balaban J connectivity index is 1.85. The van der Waals surface area contributed by atoms with Gasteiger partial charge in [-0.05, 0) is 41.8 Å². The predicted molar refractivity (Wildman–Crippen MR) is 96.7 cm³/mol. The molecule has 0 radical (unpaired) electrons. The van der Waals surface area contributed by atoms with Crippen molar-refractivity contribution < 1.29 is 17.9 Å². The van der Waals surface area contributed by atoms with E-state index in [9.17, 15) is 13.2 Å². The first-order valence-corrected chi connectivity index (χ1v) is 8.64. The van der Waals surface area contributed by atoms with Crippen molar-refractivity contribution in [1.29, 1.82) is 0 Å². The van der Waals surface area contributed by atoms with Gasteiger partial charge in [0.1, 0.15) is 11.5 Å². The highest BCUT2D eigenvalue weighted by Crippen LogP contribution is 2.32. The quantitative estimate of drug-likeness (QED) is 0.720. The van der Waals surface area contributed by atoms with Gasteiger partial charge in [-0.25, -0.2) is 4.99 Å². The van der Waals surface area contributed by atoms with E-state index in [1.54, 1.807) is 24.5 Å². The lowest BCUT2D eigenvalue weighted by atomic mass is 10.0. The van der Waals surface area contributed by atoms with Crippen molar-refractivity contribution in [3.05, 3.63) is 76.2 Å². The molecule has 3 aromatic rings. The highest BCUT2D eigenvalue weighted by atomic mass is 32.1. The number of hydrogen-bond donors (Lipinski definition) is 1. The van der Waals surface area contributed by atoms with Gasteiger partial charge in [-0.15, -0.1) is 24.5 Å². The van der Waals surface area contributed by atoms with Crippen LogP contribution in [0.3, 0.4) is 0 Å². The van der Waals surface area contributed by atoms with Crippen LogP contribution in [0.15, 0.2) is 70.3 Å². The molecule has 0 bridgehead atoms. The molecule has 4 rings (SSSR count). The summed E-state index contributed by atoms with van der Waals surface area (Å²) in [4.78, 5) is 9.37. The summed E-state index contributed by atoms with van der Waals surface area (Å²) < 4.78 is 41.9. The van der Waals surface area contributed by atoms with E-state index >= 15 is 0 Å². The molecule has 1 N–H and O–H groups in total. The molecule has 1 aliphatic heterocycles. The second-order valence-electron chi connectivity index (χ2n) is 5.47. The van der Waals surface area contributed by atoms with Crippen LogP contribution in [-0.2, 0) is 0 Å². The van der Waals surface area contributed by atoms with Gasteiger partial charge in [-0.2, -0.15) is 5.10 Å². The molecule has 1 aliphatic rings. The van der Waals surface area contributed by atoms with Gasteiger partial charge in [0.25, 0.3) is 0 Å². The van der Waals surface area contributed by atoms with E-state index in [0.717, 1.165) is 4.88 Å². The fraction of sp³-hybridized carbons (Fsp3) is 0.0556. The number of nitrogens with zero attached hydrogens (tertiary/aromatic N) is 3. The van der Waals surface area contributed by atoms with E-state index in [2.05, 4.69) is 25.2 Å². The smallest absolute Gasteiger partial charge is 0.406 e. The second kappa shape index (κ2) is 6.84. The molecule has 3 heterocycles. The zero-order valence-electron chi connectivity index (χ0n) is 13.6. The van der Waals surface area contributed by atoms with Crippen LogP contribution >= 0.6 is 11.3 Å². The molecule has 0 atom stereocenters. The minimum Gasteiger partial charge on any atom is -0.406 e. The molecule has 136 valence electrons. The number of alkyl halides is 3. The number of pyridine rings is 1. The first-order chi connectivity index (χ1) is 13.0. The maximum atomic E-state index is 12.6. The SMILES string of the molecule is FC(F)(F)Oc1ccc2c(c1)C(c1ccncc1)=NNC(c1cccs1)=N2. The predicted octanol–water partition coefficient (Wildman–Crippen LogP) is 4.48. The normalized spacial score (nSPS) is 13.7. The van der Waals surface area contributed by atoms with E-state index in [0.29, 0.717) is 28.4 Å². The summed E-state index contributed by atoms with van der Waals surface area (Å²) in [5.74, 6) is 0.178. The lowest BCUT2D eigenvalue weighted by molar-refractivity contribution is -0.274. The number of benzene rings is 1. The van der Waals surface area contributed by atoms with Crippen molar-refractivity contribution in [3.63, 3.8) is 0 Å². The number of thiophene rings is 1. The van der Waals surface area contributed by atoms with E-state index in [-0.39, 0.29) is 5.75 Å². The number of aliphatic imine (C=N–C) groups is 1. The third-order valence-electron chi connectivity index (χ3n) is 3.67. The van der Waals surface area contributed by atoms with Crippen LogP contribution < -0.4 is 10.2 Å². The molecule has 0 saturated carbocycles. The van der Waals surface area contributed by atoms with Gasteiger partial charge in [0.2, 0.25) is 0 Å². The Kier molecular flexibility index (Phi) is 4.36. The Morgan fingerprint density at radius 1 is 1.04 bits per heavy atom. The largest absolute Gasteiger partial charge is 0.573 e. The molecule has 0 spiro atoms. The first-order valence-electron chi connectivity index (χ1n) is 7.76. The van der Waals surface area contributed by atoms with E-state index in [1.165, 1.54) is 29.5 Å². The van der Waals surface area contributed by atoms with Crippen molar-refractivity contribution in [1.82, 2.24) is 10.4 Å². The Morgan fingerprint density at radius 3 is 2.56 bits per heavy atom. The van der Waals surface area contributed by atoms with Crippen LogP contribution in [0, 0.1) is 0 Å². The molecule has 2 aromatic heterocycles. The van der Waals surface area contributed by atoms with Gasteiger partial charge >= 0.3 is 6.36 Å². The lowest BCUT2D eigenvalue weighted by Gasteiger charge is -2.12. The number of amidine groups is 1. The van der Waals surface area contributed by atoms with Gasteiger partial charge in [0.15, 0.2) is 5.84 Å². The standard InChI is InChI=1S/C18H11F3N4OS/c19-18(20,21)26-12-3-4-14-13(10-12)16(11-5-7-22-8-6-11)24-25-17(23-14)15-2-1-9-27-15/h1-10H,(H,23,25). The molecule has 1 aromatic carbocycles. The molecule has 5 nitrogen and oxygen atoms in total. The van der Waals surface area contributed by atoms with Crippen molar-refractivity contribution >= 4 is 28.6 Å². The van der Waals surface area contributed by atoms with Crippen molar-refractivity contribution in [3.8, 4) is 5.75 Å². The summed E-state index contributed by atoms with van der Waals surface area (Å²) in [5, 5.41) is 6.29. The van der Waals surface area contributed by atoms with Crippen molar-refractivity contribution in [2.24, 2.45) is 10.1 Å². The number of nitrogens with one attached hydrogen (secondary N) is 1. The Hall–Kier alpha value is -3.20. The number of aromatic nitrogens is 1. The minimum atomic E-state index is -4.78. The average Bonchev–Trinajstić information content (AvgIpc) is 3.10. The van der Waals surface area contributed by atoms with Crippen LogP contribution in [0.4, 0.5) is 18.9 Å². The topological polar surface area (TPSA) is 58.9 Å². The highest BCUT2D eigenvalue weighted by Gasteiger charge is 2.31. The van der Waals surface area contributed by atoms with Crippen molar-refractivity contribution in [2.75, 3.05) is 0 Å². The number of hydrazone groups is 1. The number of halogens is 3. The van der Waals surface area contributed by atoms with Gasteiger partial charge in [-0.1, -0.05) is 6.07 Å². The molecule has 0 unspecified atom stereocenters. The molecule has 0 aliphatic carbocycles. The Bertz CT molecular complexity index is 1010. The number of ether oxygens (including phenoxy) is 1. The Morgan fingerprint density at radius 2 is 1.85 bits per heavy atom. The van der Waals surface area contributed by atoms with Crippen LogP contribution in [0.1, 0.15) is 16.0 Å². The van der Waals surface area contributed by atoms with Gasteiger partial charge in [-0.3, -0.25) is 10.4 Å². The maximum absolute atomic E-state index is 12.6. The van der Waals surface area contributed by atoms with Crippen LogP contribution in [0.5, 0.6) is 5.75 Å². The summed E-state index contributed by atoms with van der Waals surface area (Å²) in [7, 11) is 0. The molecule has 9 heteroatoms. The summed E-state index contributed by atoms with van der Waals surface area (Å²) >= 11 is 1.48. The van der Waals surface area contributed by atoms with Crippen molar-refractivity contribution in [2.45, 2.75) is 6.36 Å². The third kappa shape index (κ3) is 3.82. The van der Waals surface area contributed by atoms with E-state index in [1.807, 2.05) is 17.5 Å². The lowest BCUT2D eigenvalue weighted by Crippen LogP contribution is -2.19. The molecule has 0 amide bonds. The van der Waals surface area contributed by atoms with Gasteiger partial charge in [0.05, 0.1) is 10.6 Å². The molecule has 27 heavy (non-hydrogen) atoms. The first kappa shape index (κ1) is 17.2. The third-order valence-corrected chi connectivity index (χ3v) is 4.55. The average molecular weight is 388 g/mol. The van der Waals surface area contributed by atoms with E-state index < -0.39 is 6.36 Å². The minimum absolute atomic E-state index is 0.335. The number of rotatable bonds is 3. The fourth-order valence-electron chi connectivity index (χ4n) is 2.57. The van der Waals surface area contributed by atoms with Gasteiger partial charge in [0, 0.05) is 23.5 Å². The summed E-state index contributed by atoms with van der Waals surface area (Å²) in [5.41, 5.74) is 4.94. The number of hydrogen-bond acceptors (Lipinski definition) is 6. The highest BCUT2D eigenvalue weighted by molar-refractivity contribution is 7.12.